The quantitative estimate of drug-likeness (QED) is 0.864. The lowest BCUT2D eigenvalue weighted by Crippen LogP contribution is -2.58. The number of nitrogens with one attached hydrogen (secondary N) is 2. The van der Waals surface area contributed by atoms with E-state index in [0.29, 0.717) is 18.5 Å². The van der Waals surface area contributed by atoms with Crippen LogP contribution in [0.4, 0.5) is 10.1 Å². The van der Waals surface area contributed by atoms with Crippen LogP contribution in [0.15, 0.2) is 18.2 Å². The van der Waals surface area contributed by atoms with Gasteiger partial charge in [-0.15, -0.1) is 0 Å². The number of nitriles is 1. The molecule has 5 nitrogen and oxygen atoms in total. The second-order valence-corrected chi connectivity index (χ2v) is 9.12. The first kappa shape index (κ1) is 17.7. The third kappa shape index (κ3) is 3.82. The zero-order valence-corrected chi connectivity index (χ0v) is 14.4. The number of benzene rings is 1. The van der Waals surface area contributed by atoms with Gasteiger partial charge < -0.3 is 5.32 Å². The zero-order chi connectivity index (χ0) is 17.3. The molecule has 0 radical (unpaired) electrons. The van der Waals surface area contributed by atoms with Gasteiger partial charge in [0.2, 0.25) is 10.0 Å². The number of halogens is 1. The van der Waals surface area contributed by atoms with E-state index in [1.807, 2.05) is 6.07 Å². The maximum atomic E-state index is 13.2. The lowest BCUT2D eigenvalue weighted by molar-refractivity contribution is 0.339. The summed E-state index contributed by atoms with van der Waals surface area (Å²) in [6.45, 7) is 5.60. The van der Waals surface area contributed by atoms with Crippen molar-refractivity contribution in [1.29, 1.82) is 5.26 Å². The maximum Gasteiger partial charge on any atom is 0.219 e. The molecule has 0 amide bonds. The first-order valence-electron chi connectivity index (χ1n) is 7.56. The summed E-state index contributed by atoms with van der Waals surface area (Å²) in [6, 6.07) is 5.77. The lowest BCUT2D eigenvalue weighted by atomic mass is 9.84. The molecule has 1 aliphatic rings. The van der Waals surface area contributed by atoms with Crippen molar-refractivity contribution in [3.63, 3.8) is 0 Å². The van der Waals surface area contributed by atoms with Crippen molar-refractivity contribution in [3.8, 4) is 6.07 Å². The molecular formula is C16H22FN3O2S. The molecule has 23 heavy (non-hydrogen) atoms. The maximum absolute atomic E-state index is 13.2. The van der Waals surface area contributed by atoms with Crippen LogP contribution in [0.25, 0.3) is 0 Å². The molecule has 1 aromatic rings. The van der Waals surface area contributed by atoms with E-state index in [1.165, 1.54) is 12.1 Å². The molecule has 126 valence electrons. The van der Waals surface area contributed by atoms with Gasteiger partial charge in [-0.05, 0) is 51.8 Å². The van der Waals surface area contributed by atoms with Crippen LogP contribution in [0, 0.1) is 17.1 Å². The first-order chi connectivity index (χ1) is 10.6. The average molecular weight is 339 g/mol. The highest BCUT2D eigenvalue weighted by atomic mass is 32.2. The molecule has 1 saturated carbocycles. The van der Waals surface area contributed by atoms with Crippen LogP contribution in [-0.4, -0.2) is 25.2 Å². The van der Waals surface area contributed by atoms with Gasteiger partial charge in [0.05, 0.1) is 11.3 Å². The molecule has 1 aromatic carbocycles. The standard InChI is InChI=1S/C16H22FN3O2S/c1-15(2,3)20-23(21,22)16(7-4-8-16)11-19-14-6-5-13(17)9-12(14)10-18/h5-6,9,19-20H,4,7-8,11H2,1-3H3. The van der Waals surface area contributed by atoms with E-state index < -0.39 is 26.1 Å². The minimum atomic E-state index is -3.51. The van der Waals surface area contributed by atoms with Gasteiger partial charge in [-0.3, -0.25) is 0 Å². The van der Waals surface area contributed by atoms with Gasteiger partial charge in [-0.1, -0.05) is 6.42 Å². The van der Waals surface area contributed by atoms with E-state index >= 15 is 0 Å². The van der Waals surface area contributed by atoms with Crippen LogP contribution < -0.4 is 10.0 Å². The number of anilines is 1. The zero-order valence-electron chi connectivity index (χ0n) is 13.6. The summed E-state index contributed by atoms with van der Waals surface area (Å²) in [5.41, 5.74) is 0.0709. The molecule has 0 atom stereocenters. The molecule has 0 aliphatic heterocycles. The molecule has 0 saturated heterocycles. The van der Waals surface area contributed by atoms with Gasteiger partial charge in [0.25, 0.3) is 0 Å². The molecule has 0 spiro atoms. The van der Waals surface area contributed by atoms with E-state index in [0.717, 1.165) is 12.5 Å². The van der Waals surface area contributed by atoms with Gasteiger partial charge in [0.15, 0.2) is 0 Å². The molecule has 0 bridgehead atoms. The number of nitrogens with zero attached hydrogens (tertiary/aromatic N) is 1. The molecule has 0 unspecified atom stereocenters. The predicted octanol–water partition coefficient (Wildman–Crippen LogP) is 2.75. The number of rotatable bonds is 5. The Kier molecular flexibility index (Phi) is 4.69. The Hall–Kier alpha value is -1.65. The van der Waals surface area contributed by atoms with Gasteiger partial charge in [-0.2, -0.15) is 5.26 Å². The van der Waals surface area contributed by atoms with Crippen LogP contribution >= 0.6 is 0 Å². The van der Waals surface area contributed by atoms with Gasteiger partial charge in [0.1, 0.15) is 16.6 Å². The van der Waals surface area contributed by atoms with E-state index in [4.69, 9.17) is 5.26 Å². The van der Waals surface area contributed by atoms with Crippen molar-refractivity contribution in [2.24, 2.45) is 0 Å². The van der Waals surface area contributed by atoms with Crippen molar-refractivity contribution in [3.05, 3.63) is 29.6 Å². The normalized spacial score (nSPS) is 17.2. The lowest BCUT2D eigenvalue weighted by Gasteiger charge is -2.42. The second kappa shape index (κ2) is 6.10. The summed E-state index contributed by atoms with van der Waals surface area (Å²) in [6.07, 6.45) is 1.98. The highest BCUT2D eigenvalue weighted by molar-refractivity contribution is 7.91. The van der Waals surface area contributed by atoms with E-state index in [-0.39, 0.29) is 12.1 Å². The summed E-state index contributed by atoms with van der Waals surface area (Å²) in [5, 5.41) is 12.1. The fourth-order valence-corrected chi connectivity index (χ4v) is 4.75. The van der Waals surface area contributed by atoms with Crippen molar-refractivity contribution in [2.75, 3.05) is 11.9 Å². The third-order valence-corrected chi connectivity index (χ3v) is 6.55. The number of hydrogen-bond acceptors (Lipinski definition) is 4. The summed E-state index contributed by atoms with van der Waals surface area (Å²) in [5.74, 6) is -0.493. The summed E-state index contributed by atoms with van der Waals surface area (Å²) in [7, 11) is -3.51. The Balaban J connectivity index is 2.19. The fourth-order valence-electron chi connectivity index (χ4n) is 2.64. The molecule has 0 aromatic heterocycles. The third-order valence-electron chi connectivity index (χ3n) is 3.98. The number of sulfonamides is 1. The molecular weight excluding hydrogens is 317 g/mol. The molecule has 2 N–H and O–H groups in total. The van der Waals surface area contributed by atoms with Crippen LogP contribution in [-0.2, 0) is 10.0 Å². The fraction of sp³-hybridized carbons (Fsp3) is 0.562. The van der Waals surface area contributed by atoms with E-state index in [2.05, 4.69) is 10.0 Å². The predicted molar refractivity (Wildman–Crippen MR) is 88.0 cm³/mol. The highest BCUT2D eigenvalue weighted by Crippen LogP contribution is 2.39. The Morgan fingerprint density at radius 2 is 2.00 bits per heavy atom. The Morgan fingerprint density at radius 3 is 2.48 bits per heavy atom. The topological polar surface area (TPSA) is 82.0 Å². The van der Waals surface area contributed by atoms with Crippen LogP contribution in [0.5, 0.6) is 0 Å². The van der Waals surface area contributed by atoms with Crippen LogP contribution in [0.2, 0.25) is 0 Å². The van der Waals surface area contributed by atoms with Gasteiger partial charge in [-0.25, -0.2) is 17.5 Å². The molecule has 1 aliphatic carbocycles. The first-order valence-corrected chi connectivity index (χ1v) is 9.04. The molecule has 7 heteroatoms. The molecule has 0 heterocycles. The Morgan fingerprint density at radius 1 is 1.35 bits per heavy atom. The van der Waals surface area contributed by atoms with E-state index in [9.17, 15) is 12.8 Å². The SMILES string of the molecule is CC(C)(C)NS(=O)(=O)C1(CNc2ccc(F)cc2C#N)CCC1. The highest BCUT2D eigenvalue weighted by Gasteiger charge is 2.49. The Bertz CT molecular complexity index is 729. The summed E-state index contributed by atoms with van der Waals surface area (Å²) >= 11 is 0. The van der Waals surface area contributed by atoms with Crippen LogP contribution in [0.3, 0.4) is 0 Å². The summed E-state index contributed by atoms with van der Waals surface area (Å²) < 4.78 is 40.4. The van der Waals surface area contributed by atoms with Gasteiger partial charge >= 0.3 is 0 Å². The van der Waals surface area contributed by atoms with E-state index in [1.54, 1.807) is 20.8 Å². The van der Waals surface area contributed by atoms with Crippen LogP contribution in [0.1, 0.15) is 45.6 Å². The van der Waals surface area contributed by atoms with Crippen molar-refractivity contribution in [2.45, 2.75) is 50.3 Å². The average Bonchev–Trinajstić information content (AvgIpc) is 2.35. The van der Waals surface area contributed by atoms with Crippen molar-refractivity contribution >= 4 is 15.7 Å². The molecule has 1 fully saturated rings. The minimum absolute atomic E-state index is 0.167. The van der Waals surface area contributed by atoms with Gasteiger partial charge in [0, 0.05) is 12.1 Å². The monoisotopic (exact) mass is 339 g/mol. The summed E-state index contributed by atoms with van der Waals surface area (Å²) in [4.78, 5) is 0. The molecule has 2 rings (SSSR count). The second-order valence-electron chi connectivity index (χ2n) is 7.05. The minimum Gasteiger partial charge on any atom is -0.382 e. The van der Waals surface area contributed by atoms with Crippen molar-refractivity contribution < 1.29 is 12.8 Å². The smallest absolute Gasteiger partial charge is 0.219 e. The number of hydrogen-bond donors (Lipinski definition) is 2. The van der Waals surface area contributed by atoms with Crippen molar-refractivity contribution in [1.82, 2.24) is 4.72 Å². The Labute approximate surface area is 136 Å². The largest absolute Gasteiger partial charge is 0.382 e.